The number of rotatable bonds is 6. The number of hydrogen-bond acceptors (Lipinski definition) is 3. The Morgan fingerprint density at radius 1 is 1.45 bits per heavy atom. The fraction of sp³-hybridized carbons (Fsp3) is 0.562. The first-order chi connectivity index (χ1) is 9.69. The lowest BCUT2D eigenvalue weighted by Crippen LogP contribution is -2.20. The van der Waals surface area contributed by atoms with Crippen LogP contribution in [0.3, 0.4) is 0 Å². The molecule has 110 valence electrons. The van der Waals surface area contributed by atoms with Crippen molar-refractivity contribution in [2.24, 2.45) is 0 Å². The number of methoxy groups -OCH3 is 1. The standard InChI is InChI=1S/C16H21FO3/c1-19-16-8-5-12(11-15(16)17)10-13(18)6-7-14-4-2-3-9-20-14/h5,8,11,14H,2-4,6-7,9-10H2,1H3. The van der Waals surface area contributed by atoms with E-state index in [2.05, 4.69) is 0 Å². The van der Waals surface area contributed by atoms with Crippen LogP contribution in [0.25, 0.3) is 0 Å². The van der Waals surface area contributed by atoms with Crippen molar-refractivity contribution in [3.8, 4) is 5.75 Å². The van der Waals surface area contributed by atoms with Crippen molar-refractivity contribution in [2.45, 2.75) is 44.6 Å². The zero-order chi connectivity index (χ0) is 14.4. The summed E-state index contributed by atoms with van der Waals surface area (Å²) in [5.41, 5.74) is 0.692. The number of ether oxygens (including phenoxy) is 2. The third-order valence-corrected chi connectivity index (χ3v) is 3.64. The van der Waals surface area contributed by atoms with Crippen molar-refractivity contribution in [1.82, 2.24) is 0 Å². The Balaban J connectivity index is 1.80. The Hall–Kier alpha value is -1.42. The van der Waals surface area contributed by atoms with Gasteiger partial charge in [-0.1, -0.05) is 6.07 Å². The fourth-order valence-electron chi connectivity index (χ4n) is 2.49. The summed E-state index contributed by atoms with van der Waals surface area (Å²) in [5.74, 6) is -0.0889. The second-order valence-electron chi connectivity index (χ2n) is 5.21. The van der Waals surface area contributed by atoms with Gasteiger partial charge in [0.2, 0.25) is 0 Å². The van der Waals surface area contributed by atoms with E-state index in [1.54, 1.807) is 12.1 Å². The van der Waals surface area contributed by atoms with Gasteiger partial charge in [-0.25, -0.2) is 4.39 Å². The Labute approximate surface area is 119 Å². The molecule has 4 heteroatoms. The second-order valence-corrected chi connectivity index (χ2v) is 5.21. The molecule has 20 heavy (non-hydrogen) atoms. The van der Waals surface area contributed by atoms with Crippen molar-refractivity contribution in [1.29, 1.82) is 0 Å². The first-order valence-electron chi connectivity index (χ1n) is 7.15. The van der Waals surface area contributed by atoms with Crippen LogP contribution in [0.1, 0.15) is 37.7 Å². The molecular formula is C16H21FO3. The number of benzene rings is 1. The average molecular weight is 280 g/mol. The molecule has 1 saturated heterocycles. The summed E-state index contributed by atoms with van der Waals surface area (Å²) in [4.78, 5) is 11.9. The van der Waals surface area contributed by atoms with Crippen LogP contribution in [0.15, 0.2) is 18.2 Å². The molecule has 0 aromatic heterocycles. The molecule has 2 rings (SSSR count). The van der Waals surface area contributed by atoms with Crippen LogP contribution >= 0.6 is 0 Å². The van der Waals surface area contributed by atoms with Gasteiger partial charge >= 0.3 is 0 Å². The molecule has 0 aliphatic carbocycles. The lowest BCUT2D eigenvalue weighted by Gasteiger charge is -2.22. The lowest BCUT2D eigenvalue weighted by atomic mass is 10.00. The van der Waals surface area contributed by atoms with Crippen LogP contribution < -0.4 is 4.74 Å². The number of ketones is 1. The van der Waals surface area contributed by atoms with Crippen molar-refractivity contribution >= 4 is 5.78 Å². The van der Waals surface area contributed by atoms with Crippen LogP contribution in [-0.4, -0.2) is 25.6 Å². The molecule has 3 nitrogen and oxygen atoms in total. The van der Waals surface area contributed by atoms with E-state index in [0.29, 0.717) is 12.0 Å². The molecule has 1 aromatic rings. The zero-order valence-electron chi connectivity index (χ0n) is 11.9. The molecule has 1 atom stereocenters. The number of carbonyl (C=O) groups excluding carboxylic acids is 1. The maximum absolute atomic E-state index is 13.5. The molecule has 0 saturated carbocycles. The van der Waals surface area contributed by atoms with Gasteiger partial charge in [-0.2, -0.15) is 0 Å². The monoisotopic (exact) mass is 280 g/mol. The van der Waals surface area contributed by atoms with Gasteiger partial charge in [0.1, 0.15) is 5.78 Å². The normalized spacial score (nSPS) is 18.8. The van der Waals surface area contributed by atoms with E-state index >= 15 is 0 Å². The minimum absolute atomic E-state index is 0.128. The highest BCUT2D eigenvalue weighted by Crippen LogP contribution is 2.20. The summed E-state index contributed by atoms with van der Waals surface area (Å²) in [5, 5.41) is 0. The smallest absolute Gasteiger partial charge is 0.165 e. The molecule has 0 spiro atoms. The summed E-state index contributed by atoms with van der Waals surface area (Å²) in [7, 11) is 1.42. The highest BCUT2D eigenvalue weighted by atomic mass is 19.1. The highest BCUT2D eigenvalue weighted by molar-refractivity contribution is 5.80. The molecule has 0 bridgehead atoms. The first-order valence-corrected chi connectivity index (χ1v) is 7.15. The topological polar surface area (TPSA) is 35.5 Å². The summed E-state index contributed by atoms with van der Waals surface area (Å²) in [6, 6.07) is 4.66. The molecular weight excluding hydrogens is 259 g/mol. The minimum atomic E-state index is -0.423. The van der Waals surface area contributed by atoms with Crippen LogP contribution in [-0.2, 0) is 16.0 Å². The lowest BCUT2D eigenvalue weighted by molar-refractivity contribution is -0.119. The quantitative estimate of drug-likeness (QED) is 0.802. The molecule has 0 N–H and O–H groups in total. The summed E-state index contributed by atoms with van der Waals surface area (Å²) in [6.07, 6.45) is 5.12. The molecule has 1 aliphatic rings. The van der Waals surface area contributed by atoms with Crippen molar-refractivity contribution in [3.63, 3.8) is 0 Å². The Kier molecular flexibility index (Phi) is 5.53. The summed E-state index contributed by atoms with van der Waals surface area (Å²) >= 11 is 0. The summed E-state index contributed by atoms with van der Waals surface area (Å²) < 4.78 is 24.0. The highest BCUT2D eigenvalue weighted by Gasteiger charge is 2.15. The number of hydrogen-bond donors (Lipinski definition) is 0. The predicted molar refractivity (Wildman–Crippen MR) is 74.5 cm³/mol. The van der Waals surface area contributed by atoms with E-state index in [0.717, 1.165) is 25.9 Å². The van der Waals surface area contributed by atoms with Gasteiger partial charge < -0.3 is 9.47 Å². The van der Waals surface area contributed by atoms with Gasteiger partial charge in [-0.3, -0.25) is 4.79 Å². The zero-order valence-corrected chi connectivity index (χ0v) is 11.9. The van der Waals surface area contributed by atoms with Crippen LogP contribution in [0.4, 0.5) is 4.39 Å². The van der Waals surface area contributed by atoms with Crippen molar-refractivity contribution in [3.05, 3.63) is 29.6 Å². The van der Waals surface area contributed by atoms with E-state index in [9.17, 15) is 9.18 Å². The van der Waals surface area contributed by atoms with E-state index < -0.39 is 5.82 Å². The van der Waals surface area contributed by atoms with Crippen LogP contribution in [0, 0.1) is 5.82 Å². The molecule has 1 aromatic carbocycles. The third kappa shape index (κ3) is 4.30. The van der Waals surface area contributed by atoms with E-state index in [1.165, 1.54) is 19.6 Å². The number of Topliss-reactive ketones (excluding diaryl/α,β-unsaturated/α-hetero) is 1. The molecule has 0 amide bonds. The average Bonchev–Trinajstić information content (AvgIpc) is 2.46. The predicted octanol–water partition coefficient (Wildman–Crippen LogP) is 3.30. The first kappa shape index (κ1) is 15.0. The van der Waals surface area contributed by atoms with E-state index in [-0.39, 0.29) is 24.1 Å². The van der Waals surface area contributed by atoms with Gasteiger partial charge in [0.05, 0.1) is 13.2 Å². The van der Waals surface area contributed by atoms with Gasteiger partial charge in [-0.15, -0.1) is 0 Å². The van der Waals surface area contributed by atoms with Gasteiger partial charge in [-0.05, 0) is 43.4 Å². The maximum atomic E-state index is 13.5. The van der Waals surface area contributed by atoms with Crippen LogP contribution in [0.5, 0.6) is 5.75 Å². The minimum Gasteiger partial charge on any atom is -0.494 e. The Morgan fingerprint density at radius 3 is 2.95 bits per heavy atom. The Bertz CT molecular complexity index is 453. The van der Waals surface area contributed by atoms with Crippen LogP contribution in [0.2, 0.25) is 0 Å². The third-order valence-electron chi connectivity index (χ3n) is 3.64. The van der Waals surface area contributed by atoms with Crippen molar-refractivity contribution in [2.75, 3.05) is 13.7 Å². The van der Waals surface area contributed by atoms with Gasteiger partial charge in [0.25, 0.3) is 0 Å². The molecule has 0 radical (unpaired) electrons. The Morgan fingerprint density at radius 2 is 2.30 bits per heavy atom. The molecule has 1 unspecified atom stereocenters. The van der Waals surface area contributed by atoms with E-state index in [1.807, 2.05) is 0 Å². The van der Waals surface area contributed by atoms with Gasteiger partial charge in [0, 0.05) is 19.4 Å². The number of halogens is 1. The SMILES string of the molecule is COc1ccc(CC(=O)CCC2CCCCO2)cc1F. The van der Waals surface area contributed by atoms with Gasteiger partial charge in [0.15, 0.2) is 11.6 Å². The summed E-state index contributed by atoms with van der Waals surface area (Å²) in [6.45, 7) is 0.808. The molecule has 1 fully saturated rings. The number of carbonyl (C=O) groups is 1. The fourth-order valence-corrected chi connectivity index (χ4v) is 2.49. The van der Waals surface area contributed by atoms with Crippen molar-refractivity contribution < 1.29 is 18.7 Å². The second kappa shape index (κ2) is 7.39. The largest absolute Gasteiger partial charge is 0.494 e. The molecule has 1 aliphatic heterocycles. The van der Waals surface area contributed by atoms with E-state index in [4.69, 9.17) is 9.47 Å². The molecule has 1 heterocycles. The maximum Gasteiger partial charge on any atom is 0.165 e.